The van der Waals surface area contributed by atoms with E-state index in [2.05, 4.69) is 17.4 Å². The molecule has 0 aliphatic heterocycles. The molecule has 1 rings (SSSR count). The van der Waals surface area contributed by atoms with Crippen molar-refractivity contribution in [3.05, 3.63) is 41.5 Å². The van der Waals surface area contributed by atoms with Gasteiger partial charge in [-0.05, 0) is 29.9 Å². The summed E-state index contributed by atoms with van der Waals surface area (Å²) in [6.45, 7) is 0. The number of allylic oxidation sites excluding steroid dienone is 1. The van der Waals surface area contributed by atoms with Gasteiger partial charge >= 0.3 is 5.97 Å². The Kier molecular flexibility index (Phi) is 4.98. The molecule has 0 N–H and O–H groups in total. The summed E-state index contributed by atoms with van der Waals surface area (Å²) in [6, 6.07) is 7.33. The van der Waals surface area contributed by atoms with E-state index in [9.17, 15) is 4.79 Å². The molecule has 3 heteroatoms. The number of thiol groups is 1. The first-order chi connectivity index (χ1) is 7.27. The van der Waals surface area contributed by atoms with Crippen LogP contribution in [0, 0.1) is 0 Å². The van der Waals surface area contributed by atoms with E-state index >= 15 is 0 Å². The van der Waals surface area contributed by atoms with Crippen LogP contribution in [-0.2, 0) is 4.74 Å². The zero-order valence-corrected chi connectivity index (χ0v) is 9.54. The van der Waals surface area contributed by atoms with Crippen molar-refractivity contribution in [3.63, 3.8) is 0 Å². The van der Waals surface area contributed by atoms with Crippen molar-refractivity contribution < 1.29 is 9.53 Å². The molecule has 0 aliphatic rings. The lowest BCUT2D eigenvalue weighted by Crippen LogP contribution is -2.00. The Balaban J connectivity index is 2.78. The molecule has 1 aromatic rings. The topological polar surface area (TPSA) is 26.3 Å². The van der Waals surface area contributed by atoms with Crippen molar-refractivity contribution in [2.24, 2.45) is 0 Å². The minimum Gasteiger partial charge on any atom is -0.465 e. The van der Waals surface area contributed by atoms with Crippen LogP contribution in [0.25, 0.3) is 6.08 Å². The molecule has 15 heavy (non-hydrogen) atoms. The van der Waals surface area contributed by atoms with Gasteiger partial charge in [0.25, 0.3) is 0 Å². The average Bonchev–Trinajstić information content (AvgIpc) is 2.29. The van der Waals surface area contributed by atoms with Gasteiger partial charge in [-0.1, -0.05) is 24.3 Å². The molecule has 0 saturated carbocycles. The van der Waals surface area contributed by atoms with Crippen LogP contribution >= 0.6 is 12.6 Å². The first kappa shape index (κ1) is 11.9. The summed E-state index contributed by atoms with van der Waals surface area (Å²) in [5.74, 6) is 0.521. The molecule has 0 radical (unpaired) electrons. The third kappa shape index (κ3) is 3.80. The molecular weight excluding hydrogens is 208 g/mol. The molecule has 1 aromatic carbocycles. The monoisotopic (exact) mass is 222 g/mol. The lowest BCUT2D eigenvalue weighted by molar-refractivity contribution is 0.0600. The molecule has 0 amide bonds. The van der Waals surface area contributed by atoms with Gasteiger partial charge in [-0.2, -0.15) is 12.6 Å². The van der Waals surface area contributed by atoms with E-state index in [1.165, 1.54) is 7.11 Å². The molecular formula is C12H14O2S. The van der Waals surface area contributed by atoms with E-state index in [0.29, 0.717) is 5.56 Å². The van der Waals surface area contributed by atoms with Gasteiger partial charge in [0, 0.05) is 0 Å². The number of methoxy groups -OCH3 is 1. The maximum atomic E-state index is 11.2. The first-order valence-corrected chi connectivity index (χ1v) is 5.37. The van der Waals surface area contributed by atoms with Gasteiger partial charge in [-0.3, -0.25) is 0 Å². The highest BCUT2D eigenvalue weighted by atomic mass is 32.1. The first-order valence-electron chi connectivity index (χ1n) is 4.73. The fourth-order valence-electron chi connectivity index (χ4n) is 1.18. The van der Waals surface area contributed by atoms with E-state index in [1.807, 2.05) is 24.3 Å². The number of ether oxygens (including phenoxy) is 1. The number of benzene rings is 1. The standard InChI is InChI=1S/C12H14O2S/c1-14-12(13)11-7-4-6-10(9-11)5-2-3-8-15/h2,4-7,9,15H,3,8H2,1H3. The Labute approximate surface area is 95.4 Å². The molecule has 0 unspecified atom stereocenters. The van der Waals surface area contributed by atoms with Crippen LogP contribution in [0.1, 0.15) is 22.3 Å². The van der Waals surface area contributed by atoms with Crippen LogP contribution in [0.5, 0.6) is 0 Å². The highest BCUT2D eigenvalue weighted by Crippen LogP contribution is 2.08. The van der Waals surface area contributed by atoms with Crippen molar-refractivity contribution in [2.45, 2.75) is 6.42 Å². The maximum Gasteiger partial charge on any atom is 0.337 e. The van der Waals surface area contributed by atoms with E-state index in [-0.39, 0.29) is 5.97 Å². The zero-order valence-electron chi connectivity index (χ0n) is 8.64. The van der Waals surface area contributed by atoms with E-state index in [0.717, 1.165) is 17.7 Å². The van der Waals surface area contributed by atoms with Gasteiger partial charge in [0.1, 0.15) is 0 Å². The minimum absolute atomic E-state index is 0.306. The zero-order chi connectivity index (χ0) is 11.1. The van der Waals surface area contributed by atoms with Gasteiger partial charge < -0.3 is 4.74 Å². The van der Waals surface area contributed by atoms with Crippen LogP contribution < -0.4 is 0 Å². The maximum absolute atomic E-state index is 11.2. The van der Waals surface area contributed by atoms with Crippen molar-refractivity contribution in [1.29, 1.82) is 0 Å². The van der Waals surface area contributed by atoms with Crippen molar-refractivity contribution >= 4 is 24.7 Å². The van der Waals surface area contributed by atoms with E-state index in [1.54, 1.807) is 12.1 Å². The van der Waals surface area contributed by atoms with E-state index in [4.69, 9.17) is 0 Å². The molecule has 0 fully saturated rings. The summed E-state index contributed by atoms with van der Waals surface area (Å²) in [6.07, 6.45) is 4.93. The summed E-state index contributed by atoms with van der Waals surface area (Å²) in [5, 5.41) is 0. The molecule has 0 aromatic heterocycles. The highest BCUT2D eigenvalue weighted by Gasteiger charge is 2.03. The summed E-state index contributed by atoms with van der Waals surface area (Å²) in [4.78, 5) is 11.2. The Morgan fingerprint density at radius 3 is 3.00 bits per heavy atom. The Bertz CT molecular complexity index is 358. The number of hydrogen-bond acceptors (Lipinski definition) is 3. The number of rotatable bonds is 4. The summed E-state index contributed by atoms with van der Waals surface area (Å²) in [5.41, 5.74) is 1.57. The lowest BCUT2D eigenvalue weighted by Gasteiger charge is -1.99. The van der Waals surface area contributed by atoms with Gasteiger partial charge in [-0.15, -0.1) is 0 Å². The summed E-state index contributed by atoms with van der Waals surface area (Å²) in [7, 11) is 1.38. The normalized spacial score (nSPS) is 10.5. The second-order valence-corrected chi connectivity index (χ2v) is 3.48. The lowest BCUT2D eigenvalue weighted by atomic mass is 10.1. The molecule has 0 aliphatic carbocycles. The molecule has 0 saturated heterocycles. The molecule has 0 heterocycles. The number of hydrogen-bond donors (Lipinski definition) is 1. The molecule has 2 nitrogen and oxygen atoms in total. The van der Waals surface area contributed by atoms with Crippen molar-refractivity contribution in [3.8, 4) is 0 Å². The smallest absolute Gasteiger partial charge is 0.337 e. The Morgan fingerprint density at radius 2 is 2.33 bits per heavy atom. The number of esters is 1. The van der Waals surface area contributed by atoms with Crippen molar-refractivity contribution in [2.75, 3.05) is 12.9 Å². The fraction of sp³-hybridized carbons (Fsp3) is 0.250. The van der Waals surface area contributed by atoms with Gasteiger partial charge in [0.15, 0.2) is 0 Å². The minimum atomic E-state index is -0.306. The Hall–Kier alpha value is -1.22. The second kappa shape index (κ2) is 6.30. The fourth-order valence-corrected chi connectivity index (χ4v) is 1.33. The molecule has 0 spiro atoms. The predicted molar refractivity (Wildman–Crippen MR) is 65.3 cm³/mol. The average molecular weight is 222 g/mol. The third-order valence-electron chi connectivity index (χ3n) is 1.91. The molecule has 80 valence electrons. The van der Waals surface area contributed by atoms with Crippen LogP contribution in [0.15, 0.2) is 30.3 Å². The van der Waals surface area contributed by atoms with Crippen LogP contribution in [0.4, 0.5) is 0 Å². The summed E-state index contributed by atoms with van der Waals surface area (Å²) < 4.78 is 4.64. The SMILES string of the molecule is COC(=O)c1cccc(C=CCCS)c1. The van der Waals surface area contributed by atoms with Gasteiger partial charge in [0.05, 0.1) is 12.7 Å². The summed E-state index contributed by atoms with van der Waals surface area (Å²) >= 11 is 4.11. The highest BCUT2D eigenvalue weighted by molar-refractivity contribution is 7.80. The van der Waals surface area contributed by atoms with Crippen LogP contribution in [-0.4, -0.2) is 18.8 Å². The van der Waals surface area contributed by atoms with E-state index < -0.39 is 0 Å². The van der Waals surface area contributed by atoms with Crippen LogP contribution in [0.2, 0.25) is 0 Å². The number of carbonyl (C=O) groups excluding carboxylic acids is 1. The second-order valence-electron chi connectivity index (χ2n) is 3.03. The van der Waals surface area contributed by atoms with Crippen LogP contribution in [0.3, 0.4) is 0 Å². The number of carbonyl (C=O) groups is 1. The Morgan fingerprint density at radius 1 is 1.53 bits per heavy atom. The molecule has 0 bridgehead atoms. The quantitative estimate of drug-likeness (QED) is 0.626. The predicted octanol–water partition coefficient (Wildman–Crippen LogP) is 2.81. The third-order valence-corrected chi connectivity index (χ3v) is 2.17. The largest absolute Gasteiger partial charge is 0.465 e. The van der Waals surface area contributed by atoms with Crippen molar-refractivity contribution in [1.82, 2.24) is 0 Å². The van der Waals surface area contributed by atoms with Gasteiger partial charge in [-0.25, -0.2) is 4.79 Å². The van der Waals surface area contributed by atoms with Gasteiger partial charge in [0.2, 0.25) is 0 Å². The molecule has 0 atom stereocenters.